The third kappa shape index (κ3) is 2.44. The Balaban J connectivity index is 3.05. The molecule has 0 unspecified atom stereocenters. The molecule has 1 rings (SSSR count). The van der Waals surface area contributed by atoms with Crippen molar-refractivity contribution in [3.63, 3.8) is 0 Å². The lowest BCUT2D eigenvalue weighted by Crippen LogP contribution is -2.32. The molecule has 0 radical (unpaired) electrons. The molecule has 2 heteroatoms. The number of carbonyl (C=O) groups is 1. The number of benzene rings is 1. The van der Waals surface area contributed by atoms with Gasteiger partial charge in [0, 0.05) is 11.3 Å². The molecule has 1 nitrogen and oxygen atoms in total. The number of rotatable bonds is 3. The zero-order valence-electron chi connectivity index (χ0n) is 9.67. The van der Waals surface area contributed by atoms with Crippen molar-refractivity contribution in [2.24, 2.45) is 5.92 Å². The molecule has 0 spiro atoms. The third-order valence-corrected chi connectivity index (χ3v) is 2.71. The lowest BCUT2D eigenvalue weighted by molar-refractivity contribution is -0.126. The van der Waals surface area contributed by atoms with Crippen molar-refractivity contribution in [3.05, 3.63) is 35.6 Å². The minimum absolute atomic E-state index is 0.00921. The highest BCUT2D eigenvalue weighted by Gasteiger charge is 2.31. The summed E-state index contributed by atoms with van der Waals surface area (Å²) in [4.78, 5) is 12.0. The van der Waals surface area contributed by atoms with Crippen LogP contribution in [0.5, 0.6) is 0 Å². The molecule has 0 N–H and O–H groups in total. The molecule has 0 saturated heterocycles. The Bertz CT molecular complexity index is 349. The number of hydrogen-bond donors (Lipinski definition) is 0. The first-order valence-corrected chi connectivity index (χ1v) is 5.16. The van der Waals surface area contributed by atoms with Gasteiger partial charge in [-0.15, -0.1) is 0 Å². The van der Waals surface area contributed by atoms with E-state index in [9.17, 15) is 9.18 Å². The average molecular weight is 208 g/mol. The number of carbonyl (C=O) groups excluding carboxylic acids is 1. The highest BCUT2D eigenvalue weighted by Crippen LogP contribution is 2.27. The fraction of sp³-hybridized carbons (Fsp3) is 0.462. The summed E-state index contributed by atoms with van der Waals surface area (Å²) in [5.41, 5.74) is 0.324. The number of hydrogen-bond acceptors (Lipinski definition) is 1. The van der Waals surface area contributed by atoms with Gasteiger partial charge in [-0.05, 0) is 31.5 Å². The van der Waals surface area contributed by atoms with E-state index in [1.165, 1.54) is 12.1 Å². The van der Waals surface area contributed by atoms with E-state index in [0.29, 0.717) is 0 Å². The van der Waals surface area contributed by atoms with Gasteiger partial charge in [-0.1, -0.05) is 26.0 Å². The summed E-state index contributed by atoms with van der Waals surface area (Å²) in [6, 6.07) is 6.14. The Morgan fingerprint density at radius 3 is 2.07 bits per heavy atom. The van der Waals surface area contributed by atoms with Gasteiger partial charge >= 0.3 is 0 Å². The SMILES string of the molecule is CC(C)C(=O)C(C)(C)c1ccc(F)cc1. The van der Waals surface area contributed by atoms with E-state index < -0.39 is 5.41 Å². The van der Waals surface area contributed by atoms with Gasteiger partial charge in [0.25, 0.3) is 0 Å². The van der Waals surface area contributed by atoms with Gasteiger partial charge in [-0.3, -0.25) is 4.79 Å². The topological polar surface area (TPSA) is 17.1 Å². The molecule has 0 bridgehead atoms. The minimum atomic E-state index is -0.540. The second kappa shape index (κ2) is 4.13. The number of Topliss-reactive ketones (excluding diaryl/α,β-unsaturated/α-hetero) is 1. The fourth-order valence-electron chi connectivity index (χ4n) is 1.73. The standard InChI is InChI=1S/C13H17FO/c1-9(2)12(15)13(3,4)10-5-7-11(14)8-6-10/h5-9H,1-4H3. The molecule has 0 aromatic heterocycles. The summed E-state index contributed by atoms with van der Waals surface area (Å²) in [7, 11) is 0. The lowest BCUT2D eigenvalue weighted by Gasteiger charge is -2.25. The van der Waals surface area contributed by atoms with Crippen LogP contribution in [0.2, 0.25) is 0 Å². The maximum Gasteiger partial charge on any atom is 0.145 e. The first kappa shape index (κ1) is 11.9. The van der Waals surface area contributed by atoms with Crippen LogP contribution in [0.25, 0.3) is 0 Å². The molecule has 0 aliphatic heterocycles. The first-order valence-electron chi connectivity index (χ1n) is 5.16. The van der Waals surface area contributed by atoms with Crippen LogP contribution in [0.1, 0.15) is 33.3 Å². The minimum Gasteiger partial charge on any atom is -0.298 e. The van der Waals surface area contributed by atoms with Gasteiger partial charge < -0.3 is 0 Å². The van der Waals surface area contributed by atoms with Crippen molar-refractivity contribution in [2.45, 2.75) is 33.1 Å². The average Bonchev–Trinajstić information content (AvgIpc) is 2.17. The van der Waals surface area contributed by atoms with Gasteiger partial charge in [0.15, 0.2) is 0 Å². The van der Waals surface area contributed by atoms with Crippen LogP contribution in [0.4, 0.5) is 4.39 Å². The summed E-state index contributed by atoms with van der Waals surface area (Å²) in [6.45, 7) is 7.52. The predicted octanol–water partition coefficient (Wildman–Crippen LogP) is 3.33. The van der Waals surface area contributed by atoms with Gasteiger partial charge in [0.05, 0.1) is 0 Å². The van der Waals surface area contributed by atoms with Crippen LogP contribution in [-0.2, 0) is 10.2 Å². The van der Waals surface area contributed by atoms with Gasteiger partial charge in [0.2, 0.25) is 0 Å². The lowest BCUT2D eigenvalue weighted by atomic mass is 9.77. The van der Waals surface area contributed by atoms with Crippen LogP contribution >= 0.6 is 0 Å². The smallest absolute Gasteiger partial charge is 0.145 e. The van der Waals surface area contributed by atoms with Crippen LogP contribution in [0.15, 0.2) is 24.3 Å². The van der Waals surface area contributed by atoms with Crippen molar-refractivity contribution in [2.75, 3.05) is 0 Å². The molecule has 15 heavy (non-hydrogen) atoms. The number of ketones is 1. The Morgan fingerprint density at radius 2 is 1.67 bits per heavy atom. The zero-order chi connectivity index (χ0) is 11.6. The van der Waals surface area contributed by atoms with Crippen LogP contribution in [0.3, 0.4) is 0 Å². The van der Waals surface area contributed by atoms with Crippen molar-refractivity contribution >= 4 is 5.78 Å². The maximum atomic E-state index is 12.7. The second-order valence-corrected chi connectivity index (χ2v) is 4.65. The largest absolute Gasteiger partial charge is 0.298 e. The van der Waals surface area contributed by atoms with E-state index >= 15 is 0 Å². The summed E-state index contributed by atoms with van der Waals surface area (Å²) < 4.78 is 12.7. The molecule has 0 aliphatic rings. The molecule has 0 fully saturated rings. The van der Waals surface area contributed by atoms with E-state index in [2.05, 4.69) is 0 Å². The van der Waals surface area contributed by atoms with Crippen molar-refractivity contribution in [3.8, 4) is 0 Å². The van der Waals surface area contributed by atoms with E-state index in [0.717, 1.165) is 5.56 Å². The summed E-state index contributed by atoms with van der Waals surface area (Å²) in [6.07, 6.45) is 0. The molecule has 0 amide bonds. The Labute approximate surface area is 90.3 Å². The Kier molecular flexibility index (Phi) is 3.28. The van der Waals surface area contributed by atoms with Crippen LogP contribution < -0.4 is 0 Å². The van der Waals surface area contributed by atoms with Crippen molar-refractivity contribution in [1.82, 2.24) is 0 Å². The molecule has 0 atom stereocenters. The first-order chi connectivity index (χ1) is 6.85. The molecular formula is C13H17FO. The molecule has 0 aliphatic carbocycles. The van der Waals surface area contributed by atoms with E-state index in [-0.39, 0.29) is 17.5 Å². The van der Waals surface area contributed by atoms with Crippen LogP contribution in [-0.4, -0.2) is 5.78 Å². The highest BCUT2D eigenvalue weighted by atomic mass is 19.1. The Morgan fingerprint density at radius 1 is 1.20 bits per heavy atom. The molecule has 0 heterocycles. The Hall–Kier alpha value is -1.18. The molecule has 82 valence electrons. The van der Waals surface area contributed by atoms with Gasteiger partial charge in [-0.2, -0.15) is 0 Å². The highest BCUT2D eigenvalue weighted by molar-refractivity contribution is 5.90. The molecule has 0 saturated carbocycles. The maximum absolute atomic E-state index is 12.7. The summed E-state index contributed by atoms with van der Waals surface area (Å²) >= 11 is 0. The van der Waals surface area contributed by atoms with E-state index in [1.54, 1.807) is 12.1 Å². The zero-order valence-corrected chi connectivity index (χ0v) is 9.67. The van der Waals surface area contributed by atoms with Gasteiger partial charge in [-0.25, -0.2) is 4.39 Å². The monoisotopic (exact) mass is 208 g/mol. The van der Waals surface area contributed by atoms with Crippen LogP contribution in [0, 0.1) is 11.7 Å². The van der Waals surface area contributed by atoms with Crippen molar-refractivity contribution in [1.29, 1.82) is 0 Å². The number of halogens is 1. The summed E-state index contributed by atoms with van der Waals surface area (Å²) in [5.74, 6) is -0.106. The van der Waals surface area contributed by atoms with E-state index in [4.69, 9.17) is 0 Å². The van der Waals surface area contributed by atoms with Gasteiger partial charge in [0.1, 0.15) is 11.6 Å². The molecule has 1 aromatic rings. The normalized spacial score (nSPS) is 11.9. The fourth-order valence-corrected chi connectivity index (χ4v) is 1.73. The molecular weight excluding hydrogens is 191 g/mol. The van der Waals surface area contributed by atoms with E-state index in [1.807, 2.05) is 27.7 Å². The third-order valence-electron chi connectivity index (χ3n) is 2.71. The second-order valence-electron chi connectivity index (χ2n) is 4.65. The summed E-state index contributed by atoms with van der Waals surface area (Å²) in [5, 5.41) is 0. The quantitative estimate of drug-likeness (QED) is 0.744. The molecule has 1 aromatic carbocycles. The predicted molar refractivity (Wildman–Crippen MR) is 59.3 cm³/mol. The van der Waals surface area contributed by atoms with Crippen molar-refractivity contribution < 1.29 is 9.18 Å².